The molecule has 0 atom stereocenters. The minimum absolute atomic E-state index is 0.00728. The lowest BCUT2D eigenvalue weighted by Crippen LogP contribution is -2.41. The summed E-state index contributed by atoms with van der Waals surface area (Å²) in [7, 11) is 3.76. The molecule has 0 aliphatic carbocycles. The molecule has 128 valence electrons. The number of hydrogen-bond acceptors (Lipinski definition) is 4. The molecule has 0 unspecified atom stereocenters. The zero-order valence-electron chi connectivity index (χ0n) is 13.5. The summed E-state index contributed by atoms with van der Waals surface area (Å²) < 4.78 is 0.960. The van der Waals surface area contributed by atoms with Crippen LogP contribution in [-0.4, -0.2) is 47.5 Å². The first-order valence-electron chi connectivity index (χ1n) is 7.39. The summed E-state index contributed by atoms with van der Waals surface area (Å²) in [6.07, 6.45) is 1.14. The Balaban J connectivity index is 2.27. The lowest BCUT2D eigenvalue weighted by molar-refractivity contribution is 0.0948. The Bertz CT molecular complexity index is 842. The number of amides is 1. The van der Waals surface area contributed by atoms with Gasteiger partial charge >= 0.3 is 5.69 Å². The first-order valence-corrected chi connectivity index (χ1v) is 7.77. The molecule has 0 spiro atoms. The van der Waals surface area contributed by atoms with Crippen LogP contribution in [0, 0.1) is 0 Å². The minimum Gasteiger partial charge on any atom is -0.351 e. The van der Waals surface area contributed by atoms with Gasteiger partial charge in [-0.05, 0) is 25.7 Å². The monoisotopic (exact) mass is 350 g/mol. The molecule has 7 nitrogen and oxygen atoms in total. The van der Waals surface area contributed by atoms with Crippen LogP contribution >= 0.6 is 11.6 Å². The van der Waals surface area contributed by atoms with E-state index in [0.717, 1.165) is 10.8 Å². The molecule has 1 aromatic heterocycles. The molecular formula is C16H19ClN4O3. The summed E-state index contributed by atoms with van der Waals surface area (Å²) in [6, 6.07) is 6.91. The number of carbonyl (C=O) groups is 1. The van der Waals surface area contributed by atoms with Gasteiger partial charge in [-0.15, -0.1) is 0 Å². The molecule has 0 aliphatic heterocycles. The smallest absolute Gasteiger partial charge is 0.328 e. The average molecular weight is 351 g/mol. The minimum atomic E-state index is -0.652. The first-order chi connectivity index (χ1) is 11.4. The molecule has 1 heterocycles. The number of nitrogens with zero attached hydrogens (tertiary/aromatic N) is 2. The molecule has 0 saturated carbocycles. The van der Waals surface area contributed by atoms with Crippen molar-refractivity contribution >= 4 is 17.5 Å². The maximum atomic E-state index is 12.5. The highest BCUT2D eigenvalue weighted by molar-refractivity contribution is 6.31. The predicted octanol–water partition coefficient (Wildman–Crippen LogP) is 0.530. The van der Waals surface area contributed by atoms with Crippen LogP contribution in [0.15, 0.2) is 40.1 Å². The average Bonchev–Trinajstić information content (AvgIpc) is 2.52. The third-order valence-corrected chi connectivity index (χ3v) is 3.80. The molecule has 24 heavy (non-hydrogen) atoms. The maximum Gasteiger partial charge on any atom is 0.328 e. The van der Waals surface area contributed by atoms with Crippen molar-refractivity contribution in [3.05, 3.63) is 67.4 Å². The van der Waals surface area contributed by atoms with Crippen molar-refractivity contribution in [1.29, 1.82) is 0 Å². The van der Waals surface area contributed by atoms with Crippen LogP contribution in [0.4, 0.5) is 0 Å². The second-order valence-corrected chi connectivity index (χ2v) is 5.96. The second kappa shape index (κ2) is 7.94. The Morgan fingerprint density at radius 1 is 1.29 bits per heavy atom. The normalized spacial score (nSPS) is 10.8. The molecule has 1 aromatic carbocycles. The molecule has 2 N–H and O–H groups in total. The van der Waals surface area contributed by atoms with Crippen molar-refractivity contribution in [2.24, 2.45) is 0 Å². The standard InChI is InChI=1S/C16H19ClN4O3/c1-20(2)8-7-18-14(22)12-9-19-16(24)21(15(12)23)10-11-5-3-4-6-13(11)17/h3-6,9H,7-8,10H2,1-2H3,(H,18,22)(H,19,24). The number of halogens is 1. The van der Waals surface area contributed by atoms with Gasteiger partial charge in [0.15, 0.2) is 0 Å². The highest BCUT2D eigenvalue weighted by Crippen LogP contribution is 2.14. The fourth-order valence-corrected chi connectivity index (χ4v) is 2.30. The molecule has 0 fully saturated rings. The van der Waals surface area contributed by atoms with Crippen LogP contribution in [0.3, 0.4) is 0 Å². The van der Waals surface area contributed by atoms with E-state index in [-0.39, 0.29) is 12.1 Å². The highest BCUT2D eigenvalue weighted by Gasteiger charge is 2.15. The van der Waals surface area contributed by atoms with E-state index in [4.69, 9.17) is 11.6 Å². The Labute approximate surface area is 143 Å². The molecule has 0 radical (unpaired) electrons. The van der Waals surface area contributed by atoms with Gasteiger partial charge in [-0.1, -0.05) is 29.8 Å². The van der Waals surface area contributed by atoms with E-state index in [1.54, 1.807) is 24.3 Å². The van der Waals surface area contributed by atoms with Gasteiger partial charge in [0.2, 0.25) is 0 Å². The van der Waals surface area contributed by atoms with Crippen LogP contribution < -0.4 is 16.6 Å². The zero-order valence-corrected chi connectivity index (χ0v) is 14.3. The number of rotatable bonds is 6. The SMILES string of the molecule is CN(C)CCNC(=O)c1c[nH]c(=O)n(Cc2ccccc2Cl)c1=O. The number of H-pyrrole nitrogens is 1. The number of carbonyl (C=O) groups excluding carboxylic acids is 1. The van der Waals surface area contributed by atoms with Crippen LogP contribution in [0.5, 0.6) is 0 Å². The molecule has 0 aliphatic rings. The fourth-order valence-electron chi connectivity index (χ4n) is 2.10. The van der Waals surface area contributed by atoms with Gasteiger partial charge in [0.25, 0.3) is 11.5 Å². The predicted molar refractivity (Wildman–Crippen MR) is 92.8 cm³/mol. The van der Waals surface area contributed by atoms with E-state index in [1.807, 2.05) is 19.0 Å². The van der Waals surface area contributed by atoms with Gasteiger partial charge in [0.05, 0.1) is 6.54 Å². The summed E-state index contributed by atoms with van der Waals surface area (Å²) in [5, 5.41) is 3.10. The number of hydrogen-bond donors (Lipinski definition) is 2. The van der Waals surface area contributed by atoms with E-state index in [1.165, 1.54) is 0 Å². The Hall–Kier alpha value is -2.38. The van der Waals surface area contributed by atoms with E-state index in [0.29, 0.717) is 23.7 Å². The van der Waals surface area contributed by atoms with Crippen molar-refractivity contribution in [1.82, 2.24) is 19.8 Å². The van der Waals surface area contributed by atoms with Crippen molar-refractivity contribution in [2.75, 3.05) is 27.2 Å². The Kier molecular flexibility index (Phi) is 5.94. The molecule has 8 heteroatoms. The molecule has 0 saturated heterocycles. The molecule has 2 aromatic rings. The number of likely N-dealkylation sites (N-methyl/N-ethyl adjacent to an activating group) is 1. The maximum absolute atomic E-state index is 12.5. The Morgan fingerprint density at radius 3 is 2.67 bits per heavy atom. The summed E-state index contributed by atoms with van der Waals surface area (Å²) in [5.41, 5.74) is -0.733. The van der Waals surface area contributed by atoms with E-state index < -0.39 is 17.2 Å². The summed E-state index contributed by atoms with van der Waals surface area (Å²) in [4.78, 5) is 40.9. The zero-order chi connectivity index (χ0) is 17.7. The van der Waals surface area contributed by atoms with E-state index in [2.05, 4.69) is 10.3 Å². The van der Waals surface area contributed by atoms with Crippen molar-refractivity contribution in [3.63, 3.8) is 0 Å². The van der Waals surface area contributed by atoms with Crippen LogP contribution in [0.25, 0.3) is 0 Å². The summed E-state index contributed by atoms with van der Waals surface area (Å²) in [6.45, 7) is 1.03. The first kappa shape index (κ1) is 18.0. The van der Waals surface area contributed by atoms with Crippen LogP contribution in [-0.2, 0) is 6.54 Å². The van der Waals surface area contributed by atoms with Crippen LogP contribution in [0.2, 0.25) is 5.02 Å². The van der Waals surface area contributed by atoms with E-state index >= 15 is 0 Å². The number of aromatic nitrogens is 2. The quantitative estimate of drug-likeness (QED) is 0.795. The van der Waals surface area contributed by atoms with Crippen molar-refractivity contribution in [3.8, 4) is 0 Å². The highest BCUT2D eigenvalue weighted by atomic mass is 35.5. The summed E-state index contributed by atoms with van der Waals surface area (Å²) in [5.74, 6) is -0.522. The number of aromatic amines is 1. The lowest BCUT2D eigenvalue weighted by atomic mass is 10.2. The third-order valence-electron chi connectivity index (χ3n) is 3.44. The topological polar surface area (TPSA) is 87.2 Å². The summed E-state index contributed by atoms with van der Waals surface area (Å²) >= 11 is 6.07. The van der Waals surface area contributed by atoms with Crippen molar-refractivity contribution in [2.45, 2.75) is 6.54 Å². The van der Waals surface area contributed by atoms with Crippen molar-refractivity contribution < 1.29 is 4.79 Å². The lowest BCUT2D eigenvalue weighted by Gasteiger charge is -2.11. The van der Waals surface area contributed by atoms with Gasteiger partial charge in [-0.25, -0.2) is 4.79 Å². The molecular weight excluding hydrogens is 332 g/mol. The molecule has 1 amide bonds. The molecule has 0 bridgehead atoms. The van der Waals surface area contributed by atoms with Gasteiger partial charge < -0.3 is 15.2 Å². The van der Waals surface area contributed by atoms with E-state index in [9.17, 15) is 14.4 Å². The third kappa shape index (κ3) is 4.33. The fraction of sp³-hybridized carbons (Fsp3) is 0.312. The number of benzene rings is 1. The Morgan fingerprint density at radius 2 is 2.00 bits per heavy atom. The van der Waals surface area contributed by atoms with Gasteiger partial charge in [-0.2, -0.15) is 0 Å². The van der Waals surface area contributed by atoms with Crippen LogP contribution in [0.1, 0.15) is 15.9 Å². The van der Waals surface area contributed by atoms with Gasteiger partial charge in [-0.3, -0.25) is 14.2 Å². The largest absolute Gasteiger partial charge is 0.351 e. The molecule has 2 rings (SSSR count). The number of nitrogens with one attached hydrogen (secondary N) is 2. The van der Waals surface area contributed by atoms with Gasteiger partial charge in [0.1, 0.15) is 5.56 Å². The van der Waals surface area contributed by atoms with Gasteiger partial charge in [0, 0.05) is 24.3 Å². The second-order valence-electron chi connectivity index (χ2n) is 5.55.